The Labute approximate surface area is 157 Å². The smallest absolute Gasteiger partial charge is 0.305 e. The SMILES string of the molecule is COc1cnc(Sc2ccc(C(=O)NC3C4CCN(CC4)C3C)cc2)o1. The summed E-state index contributed by atoms with van der Waals surface area (Å²) in [6.07, 6.45) is 3.91. The molecule has 1 N–H and O–H groups in total. The number of carbonyl (C=O) groups excluding carboxylic acids is 1. The Morgan fingerprint density at radius 1 is 1.31 bits per heavy atom. The molecule has 0 saturated carbocycles. The van der Waals surface area contributed by atoms with Crippen molar-refractivity contribution in [2.75, 3.05) is 20.2 Å². The molecular weight excluding hydrogens is 350 g/mol. The van der Waals surface area contributed by atoms with E-state index in [0.717, 1.165) is 18.0 Å². The molecule has 2 unspecified atom stereocenters. The number of rotatable bonds is 5. The lowest BCUT2D eigenvalue weighted by atomic mass is 9.79. The summed E-state index contributed by atoms with van der Waals surface area (Å²) in [5.74, 6) is 0.994. The van der Waals surface area contributed by atoms with Crippen molar-refractivity contribution in [3.8, 4) is 5.95 Å². The average Bonchev–Trinajstić information content (AvgIpc) is 3.13. The zero-order chi connectivity index (χ0) is 18.1. The molecule has 2 atom stereocenters. The molecule has 7 heteroatoms. The zero-order valence-electron chi connectivity index (χ0n) is 15.0. The van der Waals surface area contributed by atoms with Gasteiger partial charge in [0.05, 0.1) is 7.11 Å². The van der Waals surface area contributed by atoms with Crippen LogP contribution in [0.1, 0.15) is 30.1 Å². The van der Waals surface area contributed by atoms with Gasteiger partial charge in [-0.2, -0.15) is 0 Å². The van der Waals surface area contributed by atoms with Crippen LogP contribution in [0.4, 0.5) is 0 Å². The third-order valence-electron chi connectivity index (χ3n) is 5.46. The maximum atomic E-state index is 12.7. The van der Waals surface area contributed by atoms with Crippen LogP contribution in [-0.2, 0) is 0 Å². The molecular formula is C19H23N3O3S. The quantitative estimate of drug-likeness (QED) is 0.869. The van der Waals surface area contributed by atoms with Gasteiger partial charge in [0.15, 0.2) is 0 Å². The van der Waals surface area contributed by atoms with Gasteiger partial charge in [0.25, 0.3) is 11.1 Å². The Hall–Kier alpha value is -1.99. The second kappa shape index (κ2) is 7.32. The summed E-state index contributed by atoms with van der Waals surface area (Å²) in [5, 5.41) is 3.78. The molecule has 1 amide bonds. The topological polar surface area (TPSA) is 67.6 Å². The minimum Gasteiger partial charge on any atom is -0.467 e. The molecule has 0 aliphatic carbocycles. The average molecular weight is 373 g/mol. The summed E-state index contributed by atoms with van der Waals surface area (Å²) in [7, 11) is 1.54. The van der Waals surface area contributed by atoms with Gasteiger partial charge in [0.1, 0.15) is 6.20 Å². The van der Waals surface area contributed by atoms with Crippen LogP contribution < -0.4 is 10.1 Å². The van der Waals surface area contributed by atoms with Gasteiger partial charge in [-0.15, -0.1) is 0 Å². The number of carbonyl (C=O) groups is 1. The lowest BCUT2D eigenvalue weighted by Crippen LogP contribution is -2.62. The van der Waals surface area contributed by atoms with Crippen molar-refractivity contribution in [3.63, 3.8) is 0 Å². The highest BCUT2D eigenvalue weighted by molar-refractivity contribution is 7.99. The highest BCUT2D eigenvalue weighted by Gasteiger charge is 2.40. The van der Waals surface area contributed by atoms with Crippen LogP contribution in [0.2, 0.25) is 0 Å². The highest BCUT2D eigenvalue weighted by atomic mass is 32.2. The summed E-state index contributed by atoms with van der Waals surface area (Å²) >= 11 is 1.39. The number of nitrogens with zero attached hydrogens (tertiary/aromatic N) is 2. The van der Waals surface area contributed by atoms with Gasteiger partial charge >= 0.3 is 5.95 Å². The number of oxazole rings is 1. The van der Waals surface area contributed by atoms with Crippen LogP contribution in [0.15, 0.2) is 45.0 Å². The largest absolute Gasteiger partial charge is 0.467 e. The van der Waals surface area contributed by atoms with Crippen molar-refractivity contribution < 1.29 is 13.9 Å². The Balaban J connectivity index is 1.39. The van der Waals surface area contributed by atoms with Gasteiger partial charge < -0.3 is 14.5 Å². The fourth-order valence-corrected chi connectivity index (χ4v) is 4.64. The van der Waals surface area contributed by atoms with E-state index in [4.69, 9.17) is 9.15 Å². The van der Waals surface area contributed by atoms with E-state index >= 15 is 0 Å². The number of hydrogen-bond donors (Lipinski definition) is 1. The van der Waals surface area contributed by atoms with Gasteiger partial charge in [-0.3, -0.25) is 9.69 Å². The Bertz CT molecular complexity index is 767. The van der Waals surface area contributed by atoms with E-state index in [1.54, 1.807) is 13.3 Å². The number of piperidine rings is 3. The summed E-state index contributed by atoms with van der Waals surface area (Å²) in [5.41, 5.74) is 0.683. The highest BCUT2D eigenvalue weighted by Crippen LogP contribution is 2.32. The second-order valence-corrected chi connectivity index (χ2v) is 7.91. The van der Waals surface area contributed by atoms with Crippen molar-refractivity contribution in [1.29, 1.82) is 0 Å². The number of nitrogens with one attached hydrogen (secondary N) is 1. The van der Waals surface area contributed by atoms with E-state index in [1.165, 1.54) is 24.6 Å². The lowest BCUT2D eigenvalue weighted by molar-refractivity contribution is 0.0217. The van der Waals surface area contributed by atoms with E-state index in [9.17, 15) is 4.79 Å². The van der Waals surface area contributed by atoms with Crippen LogP contribution in [-0.4, -0.2) is 48.1 Å². The van der Waals surface area contributed by atoms with E-state index in [1.807, 2.05) is 24.3 Å². The van der Waals surface area contributed by atoms with E-state index in [-0.39, 0.29) is 11.9 Å². The first-order valence-corrected chi connectivity index (χ1v) is 9.78. The van der Waals surface area contributed by atoms with E-state index in [0.29, 0.717) is 28.7 Å². The van der Waals surface area contributed by atoms with Crippen LogP contribution in [0, 0.1) is 5.92 Å². The molecule has 3 aliphatic heterocycles. The fourth-order valence-electron chi connectivity index (χ4n) is 3.94. The number of hydrogen-bond acceptors (Lipinski definition) is 6. The Kier molecular flexibility index (Phi) is 4.91. The molecule has 3 saturated heterocycles. The Morgan fingerprint density at radius 2 is 2.04 bits per heavy atom. The first kappa shape index (κ1) is 17.4. The normalized spacial score (nSPS) is 27.3. The molecule has 4 heterocycles. The maximum Gasteiger partial charge on any atom is 0.305 e. The van der Waals surface area contributed by atoms with Gasteiger partial charge in [0.2, 0.25) is 0 Å². The van der Waals surface area contributed by atoms with Crippen molar-refractivity contribution in [2.45, 2.75) is 42.0 Å². The number of methoxy groups -OCH3 is 1. The molecule has 2 aromatic rings. The first-order chi connectivity index (χ1) is 12.6. The monoisotopic (exact) mass is 373 g/mol. The number of benzene rings is 1. The number of amides is 1. The molecule has 1 aromatic heterocycles. The lowest BCUT2D eigenvalue weighted by Gasteiger charge is -2.49. The van der Waals surface area contributed by atoms with Crippen LogP contribution in [0.3, 0.4) is 0 Å². The zero-order valence-corrected chi connectivity index (χ0v) is 15.8. The third kappa shape index (κ3) is 3.46. The van der Waals surface area contributed by atoms with Crippen LogP contribution in [0.25, 0.3) is 0 Å². The van der Waals surface area contributed by atoms with Gasteiger partial charge in [-0.05, 0) is 74.8 Å². The number of aromatic nitrogens is 1. The van der Waals surface area contributed by atoms with E-state index < -0.39 is 0 Å². The summed E-state index contributed by atoms with van der Waals surface area (Å²) in [4.78, 5) is 20.2. The molecule has 3 aliphatic rings. The maximum absolute atomic E-state index is 12.7. The molecule has 1 aromatic carbocycles. The van der Waals surface area contributed by atoms with Crippen molar-refractivity contribution in [1.82, 2.24) is 15.2 Å². The van der Waals surface area contributed by atoms with E-state index in [2.05, 4.69) is 22.1 Å². The minimum absolute atomic E-state index is 0.00458. The predicted molar refractivity (Wildman–Crippen MR) is 98.6 cm³/mol. The fraction of sp³-hybridized carbons (Fsp3) is 0.474. The van der Waals surface area contributed by atoms with Crippen molar-refractivity contribution in [3.05, 3.63) is 36.0 Å². The molecule has 0 radical (unpaired) electrons. The number of ether oxygens (including phenoxy) is 1. The van der Waals surface area contributed by atoms with Gasteiger partial charge in [-0.1, -0.05) is 0 Å². The van der Waals surface area contributed by atoms with Gasteiger partial charge in [0, 0.05) is 22.5 Å². The van der Waals surface area contributed by atoms with Gasteiger partial charge in [-0.25, -0.2) is 4.98 Å². The number of fused-ring (bicyclic) bond motifs is 3. The van der Waals surface area contributed by atoms with Crippen LogP contribution in [0.5, 0.6) is 5.95 Å². The molecule has 0 spiro atoms. The molecule has 2 bridgehead atoms. The standard InChI is InChI=1S/C19H23N3O3S/c1-12-17(13-7-9-22(12)10-8-13)21-18(23)14-3-5-15(6-4-14)26-19-20-11-16(24-2)25-19/h3-6,11-13,17H,7-10H2,1-2H3,(H,21,23). The summed E-state index contributed by atoms with van der Waals surface area (Å²) in [6, 6.07) is 8.19. The molecule has 5 rings (SSSR count). The molecule has 138 valence electrons. The molecule has 26 heavy (non-hydrogen) atoms. The predicted octanol–water partition coefficient (Wildman–Crippen LogP) is 3.05. The Morgan fingerprint density at radius 3 is 2.65 bits per heavy atom. The first-order valence-electron chi connectivity index (χ1n) is 8.96. The molecule has 3 fully saturated rings. The van der Waals surface area contributed by atoms with Crippen molar-refractivity contribution >= 4 is 17.7 Å². The minimum atomic E-state index is 0.00458. The summed E-state index contributed by atoms with van der Waals surface area (Å²) < 4.78 is 10.4. The third-order valence-corrected chi connectivity index (χ3v) is 6.33. The van der Waals surface area contributed by atoms with Crippen LogP contribution >= 0.6 is 11.8 Å². The second-order valence-electron chi connectivity index (χ2n) is 6.89. The van der Waals surface area contributed by atoms with Crippen molar-refractivity contribution in [2.24, 2.45) is 5.92 Å². The molecule has 6 nitrogen and oxygen atoms in total. The summed E-state index contributed by atoms with van der Waals surface area (Å²) in [6.45, 7) is 4.55.